The van der Waals surface area contributed by atoms with Crippen molar-refractivity contribution in [2.24, 2.45) is 0 Å². The van der Waals surface area contributed by atoms with Crippen molar-refractivity contribution in [3.63, 3.8) is 0 Å². The SMILES string of the molecule is CCOC(=O)Nc1ccc(C(=O)NCC(c2ccc(OC)cc2)N2CCCCC2)cc1. The van der Waals surface area contributed by atoms with Crippen LogP contribution in [0.2, 0.25) is 0 Å². The molecule has 1 saturated heterocycles. The van der Waals surface area contributed by atoms with Crippen molar-refractivity contribution < 1.29 is 19.1 Å². The topological polar surface area (TPSA) is 79.9 Å². The van der Waals surface area contributed by atoms with E-state index in [2.05, 4.69) is 27.7 Å². The molecule has 0 radical (unpaired) electrons. The molecule has 1 atom stereocenters. The molecule has 0 saturated carbocycles. The number of likely N-dealkylation sites (tertiary alicyclic amines) is 1. The van der Waals surface area contributed by atoms with Crippen molar-refractivity contribution in [3.05, 3.63) is 59.7 Å². The van der Waals surface area contributed by atoms with Crippen LogP contribution in [-0.4, -0.2) is 50.3 Å². The smallest absolute Gasteiger partial charge is 0.411 e. The average molecular weight is 426 g/mol. The standard InChI is InChI=1S/C24H31N3O4/c1-3-31-24(29)26-20-11-7-19(8-12-20)23(28)25-17-22(27-15-5-4-6-16-27)18-9-13-21(30-2)14-10-18/h7-14,22H,3-6,15-17H2,1-2H3,(H,25,28)(H,26,29). The summed E-state index contributed by atoms with van der Waals surface area (Å²) in [7, 11) is 1.66. The third kappa shape index (κ3) is 6.46. The van der Waals surface area contributed by atoms with Crippen molar-refractivity contribution in [2.75, 3.05) is 38.7 Å². The van der Waals surface area contributed by atoms with E-state index in [1.807, 2.05) is 12.1 Å². The maximum Gasteiger partial charge on any atom is 0.411 e. The van der Waals surface area contributed by atoms with Gasteiger partial charge in [-0.05, 0) is 74.8 Å². The molecule has 166 valence electrons. The number of benzene rings is 2. The van der Waals surface area contributed by atoms with E-state index in [9.17, 15) is 9.59 Å². The average Bonchev–Trinajstić information content (AvgIpc) is 2.81. The molecule has 1 aliphatic rings. The largest absolute Gasteiger partial charge is 0.497 e. The van der Waals surface area contributed by atoms with E-state index >= 15 is 0 Å². The monoisotopic (exact) mass is 425 g/mol. The van der Waals surface area contributed by atoms with Gasteiger partial charge in [-0.25, -0.2) is 4.79 Å². The van der Waals surface area contributed by atoms with Crippen molar-refractivity contribution in [2.45, 2.75) is 32.2 Å². The lowest BCUT2D eigenvalue weighted by molar-refractivity contribution is 0.0924. The third-order valence-electron chi connectivity index (χ3n) is 5.46. The van der Waals surface area contributed by atoms with Gasteiger partial charge in [0.05, 0.1) is 19.8 Å². The second kappa shape index (κ2) is 11.4. The van der Waals surface area contributed by atoms with Gasteiger partial charge in [0.1, 0.15) is 5.75 Å². The van der Waals surface area contributed by atoms with Crippen LogP contribution in [0.1, 0.15) is 48.1 Å². The molecule has 0 bridgehead atoms. The third-order valence-corrected chi connectivity index (χ3v) is 5.46. The van der Waals surface area contributed by atoms with Crippen LogP contribution in [0.25, 0.3) is 0 Å². The van der Waals surface area contributed by atoms with Gasteiger partial charge >= 0.3 is 6.09 Å². The molecule has 2 amide bonds. The van der Waals surface area contributed by atoms with Crippen LogP contribution in [0.4, 0.5) is 10.5 Å². The Morgan fingerprint density at radius 1 is 1.00 bits per heavy atom. The zero-order valence-corrected chi connectivity index (χ0v) is 18.2. The number of piperidine rings is 1. The Balaban J connectivity index is 1.64. The minimum Gasteiger partial charge on any atom is -0.497 e. The van der Waals surface area contributed by atoms with Crippen LogP contribution in [0.3, 0.4) is 0 Å². The quantitative estimate of drug-likeness (QED) is 0.662. The minimum absolute atomic E-state index is 0.111. The Hall–Kier alpha value is -3.06. The van der Waals surface area contributed by atoms with Gasteiger partial charge in [0.15, 0.2) is 0 Å². The van der Waals surface area contributed by atoms with E-state index in [4.69, 9.17) is 9.47 Å². The van der Waals surface area contributed by atoms with Crippen LogP contribution >= 0.6 is 0 Å². The molecule has 2 aromatic carbocycles. The molecular weight excluding hydrogens is 394 g/mol. The van der Waals surface area contributed by atoms with Crippen molar-refractivity contribution >= 4 is 17.7 Å². The Bertz CT molecular complexity index is 846. The lowest BCUT2D eigenvalue weighted by Crippen LogP contribution is -2.40. The molecule has 3 rings (SSSR count). The van der Waals surface area contributed by atoms with Gasteiger partial charge in [-0.15, -0.1) is 0 Å². The zero-order chi connectivity index (χ0) is 22.1. The predicted molar refractivity (Wildman–Crippen MR) is 121 cm³/mol. The van der Waals surface area contributed by atoms with E-state index < -0.39 is 6.09 Å². The maximum atomic E-state index is 12.7. The van der Waals surface area contributed by atoms with Crippen molar-refractivity contribution in [1.29, 1.82) is 0 Å². The molecular formula is C24H31N3O4. The number of nitrogens with one attached hydrogen (secondary N) is 2. The Morgan fingerprint density at radius 3 is 2.29 bits per heavy atom. The summed E-state index contributed by atoms with van der Waals surface area (Å²) in [5.41, 5.74) is 2.29. The summed E-state index contributed by atoms with van der Waals surface area (Å²) in [5, 5.41) is 5.70. The highest BCUT2D eigenvalue weighted by molar-refractivity contribution is 5.95. The molecule has 2 N–H and O–H groups in total. The minimum atomic E-state index is -0.511. The van der Waals surface area contributed by atoms with Gasteiger partial charge in [0.25, 0.3) is 5.91 Å². The molecule has 1 fully saturated rings. The van der Waals surface area contributed by atoms with Crippen LogP contribution in [-0.2, 0) is 4.74 Å². The molecule has 0 spiro atoms. The molecule has 1 unspecified atom stereocenters. The van der Waals surface area contributed by atoms with Crippen LogP contribution in [0.5, 0.6) is 5.75 Å². The number of methoxy groups -OCH3 is 1. The van der Waals surface area contributed by atoms with Crippen molar-refractivity contribution in [3.8, 4) is 5.75 Å². The van der Waals surface area contributed by atoms with E-state index in [1.165, 1.54) is 19.3 Å². The second-order valence-electron chi connectivity index (χ2n) is 7.52. The molecule has 2 aromatic rings. The number of carbonyl (C=O) groups excluding carboxylic acids is 2. The summed E-state index contributed by atoms with van der Waals surface area (Å²) < 4.78 is 10.1. The normalized spacial score (nSPS) is 15.0. The molecule has 31 heavy (non-hydrogen) atoms. The number of nitrogens with zero attached hydrogens (tertiary/aromatic N) is 1. The van der Waals surface area contributed by atoms with E-state index in [0.29, 0.717) is 24.4 Å². The van der Waals surface area contributed by atoms with Gasteiger partial charge in [0.2, 0.25) is 0 Å². The fourth-order valence-corrected chi connectivity index (χ4v) is 3.80. The summed E-state index contributed by atoms with van der Waals surface area (Å²) in [6.07, 6.45) is 3.10. The van der Waals surface area contributed by atoms with Gasteiger partial charge in [0, 0.05) is 17.8 Å². The Morgan fingerprint density at radius 2 is 1.68 bits per heavy atom. The highest BCUT2D eigenvalue weighted by atomic mass is 16.5. The summed E-state index contributed by atoms with van der Waals surface area (Å²) in [4.78, 5) is 26.7. The van der Waals surface area contributed by atoms with Crippen LogP contribution in [0, 0.1) is 0 Å². The van der Waals surface area contributed by atoms with Crippen LogP contribution < -0.4 is 15.4 Å². The number of carbonyl (C=O) groups is 2. The first-order valence-electron chi connectivity index (χ1n) is 10.8. The van der Waals surface area contributed by atoms with E-state index in [1.54, 1.807) is 38.3 Å². The number of rotatable bonds is 8. The molecule has 7 heteroatoms. The summed E-state index contributed by atoms with van der Waals surface area (Å²) in [5.74, 6) is 0.680. The number of ether oxygens (including phenoxy) is 2. The highest BCUT2D eigenvalue weighted by Gasteiger charge is 2.23. The predicted octanol–water partition coefficient (Wildman–Crippen LogP) is 4.22. The van der Waals surface area contributed by atoms with E-state index in [0.717, 1.165) is 24.4 Å². The first-order chi connectivity index (χ1) is 15.1. The van der Waals surface area contributed by atoms with Gasteiger partial charge < -0.3 is 14.8 Å². The molecule has 0 aromatic heterocycles. The number of anilines is 1. The lowest BCUT2D eigenvalue weighted by Gasteiger charge is -2.35. The van der Waals surface area contributed by atoms with E-state index in [-0.39, 0.29) is 11.9 Å². The summed E-state index contributed by atoms with van der Waals surface area (Å²) >= 11 is 0. The fourth-order valence-electron chi connectivity index (χ4n) is 3.80. The first kappa shape index (κ1) is 22.6. The zero-order valence-electron chi connectivity index (χ0n) is 18.2. The fraction of sp³-hybridized carbons (Fsp3) is 0.417. The van der Waals surface area contributed by atoms with Gasteiger partial charge in [-0.3, -0.25) is 15.0 Å². The molecule has 1 heterocycles. The lowest BCUT2D eigenvalue weighted by atomic mass is 10.0. The first-order valence-corrected chi connectivity index (χ1v) is 10.8. The Kier molecular flexibility index (Phi) is 8.29. The van der Waals surface area contributed by atoms with Crippen molar-refractivity contribution in [1.82, 2.24) is 10.2 Å². The van der Waals surface area contributed by atoms with Gasteiger partial charge in [-0.2, -0.15) is 0 Å². The number of hydrogen-bond donors (Lipinski definition) is 2. The molecule has 1 aliphatic heterocycles. The highest BCUT2D eigenvalue weighted by Crippen LogP contribution is 2.26. The number of amides is 2. The number of hydrogen-bond acceptors (Lipinski definition) is 5. The molecule has 0 aliphatic carbocycles. The summed E-state index contributed by atoms with van der Waals surface area (Å²) in [6.45, 7) is 4.63. The van der Waals surface area contributed by atoms with Crippen LogP contribution in [0.15, 0.2) is 48.5 Å². The summed E-state index contributed by atoms with van der Waals surface area (Å²) in [6, 6.07) is 14.9. The molecule has 7 nitrogen and oxygen atoms in total. The van der Waals surface area contributed by atoms with Gasteiger partial charge in [-0.1, -0.05) is 18.6 Å². The Labute approximate surface area is 183 Å². The maximum absolute atomic E-state index is 12.7. The second-order valence-corrected chi connectivity index (χ2v) is 7.52.